The van der Waals surface area contributed by atoms with Gasteiger partial charge in [0.25, 0.3) is 0 Å². The van der Waals surface area contributed by atoms with E-state index in [9.17, 15) is 13.9 Å². The summed E-state index contributed by atoms with van der Waals surface area (Å²) in [4.78, 5) is 18.2. The van der Waals surface area contributed by atoms with Gasteiger partial charge < -0.3 is 19.5 Å². The molecule has 0 unspecified atom stereocenters. The van der Waals surface area contributed by atoms with Crippen molar-refractivity contribution in [3.8, 4) is 41.2 Å². The lowest BCUT2D eigenvalue weighted by Crippen LogP contribution is -2.43. The highest BCUT2D eigenvalue weighted by atomic mass is 19.1. The van der Waals surface area contributed by atoms with Crippen LogP contribution in [0.2, 0.25) is 0 Å². The molecule has 0 saturated carbocycles. The van der Waals surface area contributed by atoms with Gasteiger partial charge in [-0.1, -0.05) is 24.1 Å². The number of hydrogen-bond acceptors (Lipinski definition) is 8. The Morgan fingerprint density at radius 3 is 2.91 bits per heavy atom. The Labute approximate surface area is 257 Å². The zero-order valence-electron chi connectivity index (χ0n) is 24.4. The number of terminal acetylenes is 1. The molecule has 2 aromatic heterocycles. The van der Waals surface area contributed by atoms with Gasteiger partial charge in [-0.25, -0.2) is 18.2 Å². The molecular weight excluding hydrogens is 583 g/mol. The highest BCUT2D eigenvalue weighted by Gasteiger charge is 2.49. The number of allylic oxidation sites excluding steroid dienone is 1. The Morgan fingerprint density at radius 1 is 1.16 bits per heavy atom. The molecule has 0 radical (unpaired) electrons. The summed E-state index contributed by atoms with van der Waals surface area (Å²) in [6.07, 6.45) is 12.6. The maximum Gasteiger partial charge on any atom is 0.319 e. The predicted octanol–water partition coefficient (Wildman–Crippen LogP) is 5.68. The smallest absolute Gasteiger partial charge is 0.319 e. The van der Waals surface area contributed by atoms with Crippen molar-refractivity contribution in [3.63, 3.8) is 0 Å². The van der Waals surface area contributed by atoms with Crippen LogP contribution in [-0.2, 0) is 0 Å². The molecule has 0 amide bonds. The number of pyridine rings is 1. The normalized spacial score (nSPS) is 24.2. The minimum Gasteiger partial charge on any atom is -0.508 e. The molecule has 0 aliphatic carbocycles. The maximum atomic E-state index is 16.9. The van der Waals surface area contributed by atoms with Gasteiger partial charge in [0.15, 0.2) is 5.82 Å². The Bertz CT molecular complexity index is 1950. The van der Waals surface area contributed by atoms with Gasteiger partial charge >= 0.3 is 6.01 Å². The minimum atomic E-state index is -0.929. The number of fused-ring (bicyclic) bond motifs is 4. The first-order valence-electron chi connectivity index (χ1n) is 15.2. The van der Waals surface area contributed by atoms with E-state index in [4.69, 9.17) is 20.9 Å². The third kappa shape index (κ3) is 4.45. The van der Waals surface area contributed by atoms with Crippen LogP contribution in [0.5, 0.6) is 17.6 Å². The van der Waals surface area contributed by atoms with Crippen LogP contribution < -0.4 is 14.4 Å². The molecular formula is C34H30F3N5O3. The summed E-state index contributed by atoms with van der Waals surface area (Å²) in [7, 11) is 0. The Kier molecular flexibility index (Phi) is 6.53. The Hall–Kier alpha value is -4.56. The third-order valence-electron chi connectivity index (χ3n) is 9.66. The van der Waals surface area contributed by atoms with E-state index >= 15 is 4.39 Å². The summed E-state index contributed by atoms with van der Waals surface area (Å²) in [5, 5.41) is 11.5. The molecule has 4 aromatic rings. The zero-order chi connectivity index (χ0) is 30.9. The van der Waals surface area contributed by atoms with Crippen LogP contribution in [0.25, 0.3) is 32.9 Å². The fraction of sp³-hybridized carbons (Fsp3) is 0.382. The van der Waals surface area contributed by atoms with E-state index in [-0.39, 0.29) is 64.6 Å². The summed E-state index contributed by atoms with van der Waals surface area (Å²) in [5.74, 6) is 1.27. The number of alkyl halides is 1. The number of nitrogens with zero attached hydrogens (tertiary/aromatic N) is 5. The number of benzene rings is 2. The fourth-order valence-corrected chi connectivity index (χ4v) is 7.57. The van der Waals surface area contributed by atoms with Gasteiger partial charge in [0, 0.05) is 30.5 Å². The molecule has 8 rings (SSSR count). The highest BCUT2D eigenvalue weighted by Crippen LogP contribution is 2.44. The molecule has 4 aliphatic heterocycles. The summed E-state index contributed by atoms with van der Waals surface area (Å²) < 4.78 is 58.8. The van der Waals surface area contributed by atoms with Gasteiger partial charge in [-0.15, -0.1) is 6.42 Å². The number of hydrogen-bond donors (Lipinski definition) is 1. The molecule has 2 aromatic carbocycles. The molecule has 230 valence electrons. The number of anilines is 1. The average Bonchev–Trinajstić information content (AvgIpc) is 3.38. The summed E-state index contributed by atoms with van der Waals surface area (Å²) in [6, 6.07) is 5.30. The van der Waals surface area contributed by atoms with Crippen molar-refractivity contribution >= 4 is 27.5 Å². The largest absolute Gasteiger partial charge is 0.508 e. The molecule has 0 bridgehead atoms. The Morgan fingerprint density at radius 2 is 2.04 bits per heavy atom. The predicted molar refractivity (Wildman–Crippen MR) is 163 cm³/mol. The van der Waals surface area contributed by atoms with E-state index in [0.29, 0.717) is 36.1 Å². The Balaban J connectivity index is 1.34. The van der Waals surface area contributed by atoms with Gasteiger partial charge in [0.05, 0.1) is 17.1 Å². The number of halogens is 3. The second kappa shape index (κ2) is 10.5. The van der Waals surface area contributed by atoms with Crippen molar-refractivity contribution in [3.05, 3.63) is 53.6 Å². The van der Waals surface area contributed by atoms with Crippen molar-refractivity contribution in [1.29, 1.82) is 0 Å². The second-order valence-electron chi connectivity index (χ2n) is 12.3. The monoisotopic (exact) mass is 613 g/mol. The van der Waals surface area contributed by atoms with Crippen molar-refractivity contribution < 1.29 is 27.8 Å². The molecule has 6 heterocycles. The van der Waals surface area contributed by atoms with E-state index in [2.05, 4.69) is 31.8 Å². The quantitative estimate of drug-likeness (QED) is 0.233. The minimum absolute atomic E-state index is 0.0342. The van der Waals surface area contributed by atoms with Crippen LogP contribution in [0.4, 0.5) is 19.0 Å². The first-order valence-corrected chi connectivity index (χ1v) is 15.2. The lowest BCUT2D eigenvalue weighted by Gasteiger charge is -2.31. The van der Waals surface area contributed by atoms with Crippen LogP contribution in [0.1, 0.15) is 37.7 Å². The number of aromatic hydroxyl groups is 1. The highest BCUT2D eigenvalue weighted by molar-refractivity contribution is 6.04. The summed E-state index contributed by atoms with van der Waals surface area (Å²) in [6.45, 7) is 2.13. The maximum absolute atomic E-state index is 16.9. The number of phenols is 1. The topological polar surface area (TPSA) is 83.8 Å². The van der Waals surface area contributed by atoms with E-state index in [1.54, 1.807) is 0 Å². The van der Waals surface area contributed by atoms with Gasteiger partial charge in [-0.05, 0) is 55.8 Å². The van der Waals surface area contributed by atoms with Crippen LogP contribution >= 0.6 is 0 Å². The SMILES string of the molecule is C#Cc1c(F)ccc2cc(O)cc(-c3nc4c5c(nc(OC[C@@]67CCCN6C[C@H](F)C7)nc5c3F)N3CC=CCC[C@H]3CO4)c12. The van der Waals surface area contributed by atoms with Crippen molar-refractivity contribution in [2.45, 2.75) is 49.9 Å². The molecule has 3 atom stereocenters. The molecule has 11 heteroatoms. The van der Waals surface area contributed by atoms with Gasteiger partial charge in [-0.3, -0.25) is 4.90 Å². The lowest BCUT2D eigenvalue weighted by molar-refractivity contribution is 0.107. The third-order valence-corrected chi connectivity index (χ3v) is 9.66. The van der Waals surface area contributed by atoms with Crippen LogP contribution in [0, 0.1) is 24.0 Å². The first-order chi connectivity index (χ1) is 21.8. The average molecular weight is 614 g/mol. The van der Waals surface area contributed by atoms with Crippen molar-refractivity contribution in [2.24, 2.45) is 0 Å². The second-order valence-corrected chi connectivity index (χ2v) is 12.3. The van der Waals surface area contributed by atoms with Gasteiger partial charge in [-0.2, -0.15) is 9.97 Å². The molecule has 1 N–H and O–H groups in total. The number of ether oxygens (including phenoxy) is 2. The first kappa shape index (κ1) is 28.0. The van der Waals surface area contributed by atoms with Crippen LogP contribution in [-0.4, -0.2) is 75.6 Å². The van der Waals surface area contributed by atoms with E-state index < -0.39 is 23.3 Å². The number of rotatable bonds is 4. The number of aromatic nitrogens is 3. The van der Waals surface area contributed by atoms with Crippen molar-refractivity contribution in [1.82, 2.24) is 19.9 Å². The van der Waals surface area contributed by atoms with Crippen LogP contribution in [0.15, 0.2) is 36.4 Å². The molecule has 45 heavy (non-hydrogen) atoms. The van der Waals surface area contributed by atoms with Gasteiger partial charge in [0.1, 0.15) is 53.4 Å². The number of phenolic OH excluding ortho intramolecular Hbond substituents is 1. The lowest BCUT2D eigenvalue weighted by atomic mass is 9.95. The molecule has 2 saturated heterocycles. The summed E-state index contributed by atoms with van der Waals surface area (Å²) in [5.41, 5.74) is -0.724. The standard InChI is InChI=1S/C34H30F3N5O3/c1-2-23-25(36)9-8-19-13-22(43)14-24(26(19)23)29-28(37)30-27-31(42-12-5-3-4-7-21(42)17-44-32(27)38-29)40-33(39-30)45-18-34-10-6-11-41(34)16-20(35)15-34/h1,3,5,8-9,13-14,20-21,43H,4,6-7,10-12,15-18H2/t20-,21+,34+/m1/s1. The van der Waals surface area contributed by atoms with Crippen molar-refractivity contribution in [2.75, 3.05) is 37.7 Å². The van der Waals surface area contributed by atoms with E-state index in [0.717, 1.165) is 32.2 Å². The van der Waals surface area contributed by atoms with E-state index in [1.807, 2.05) is 6.08 Å². The molecule has 4 aliphatic rings. The molecule has 2 fully saturated rings. The fourth-order valence-electron chi connectivity index (χ4n) is 7.57. The zero-order valence-corrected chi connectivity index (χ0v) is 24.4. The molecule has 0 spiro atoms. The molecule has 8 nitrogen and oxygen atoms in total. The van der Waals surface area contributed by atoms with E-state index in [1.165, 1.54) is 24.3 Å². The van der Waals surface area contributed by atoms with Gasteiger partial charge in [0.2, 0.25) is 5.88 Å². The summed E-state index contributed by atoms with van der Waals surface area (Å²) >= 11 is 0. The van der Waals surface area contributed by atoms with Crippen LogP contribution in [0.3, 0.4) is 0 Å².